The highest BCUT2D eigenvalue weighted by Gasteiger charge is 2.10. The number of nitrogens with one attached hydrogen (secondary N) is 1. The third-order valence-corrected chi connectivity index (χ3v) is 4.54. The molecular weight excluding hydrogens is 292 g/mol. The molecule has 0 saturated heterocycles. The Bertz CT molecular complexity index is 713. The van der Waals surface area contributed by atoms with Gasteiger partial charge in [-0.15, -0.1) is 22.7 Å². The zero-order valence-corrected chi connectivity index (χ0v) is 12.4. The number of oxazole rings is 1. The number of nitrogens with zero attached hydrogens (tertiary/aromatic N) is 1. The summed E-state index contributed by atoms with van der Waals surface area (Å²) in [6.07, 6.45) is 1.58. The van der Waals surface area contributed by atoms with Crippen molar-refractivity contribution in [1.29, 1.82) is 0 Å². The average molecular weight is 304 g/mol. The predicted octanol–water partition coefficient (Wildman–Crippen LogP) is 3.70. The van der Waals surface area contributed by atoms with E-state index in [-0.39, 0.29) is 5.91 Å². The van der Waals surface area contributed by atoms with Crippen LogP contribution >= 0.6 is 22.7 Å². The normalized spacial score (nSPS) is 10.7. The summed E-state index contributed by atoms with van der Waals surface area (Å²) in [5.74, 6) is 0.514. The molecule has 0 aliphatic rings. The maximum atomic E-state index is 11.9. The Kier molecular flexibility index (Phi) is 3.66. The lowest BCUT2D eigenvalue weighted by Crippen LogP contribution is -2.21. The molecule has 3 heterocycles. The summed E-state index contributed by atoms with van der Waals surface area (Å²) >= 11 is 3.05. The Morgan fingerprint density at radius 1 is 1.40 bits per heavy atom. The summed E-state index contributed by atoms with van der Waals surface area (Å²) in [6, 6.07) is 7.66. The molecule has 1 N–H and O–H groups in total. The van der Waals surface area contributed by atoms with Crippen molar-refractivity contribution in [1.82, 2.24) is 10.3 Å². The molecule has 0 saturated carbocycles. The van der Waals surface area contributed by atoms with Crippen LogP contribution in [0.25, 0.3) is 10.8 Å². The van der Waals surface area contributed by atoms with Crippen molar-refractivity contribution in [2.75, 3.05) is 0 Å². The molecule has 0 spiro atoms. The highest BCUT2D eigenvalue weighted by Crippen LogP contribution is 2.23. The first-order valence-electron chi connectivity index (χ1n) is 6.05. The van der Waals surface area contributed by atoms with Gasteiger partial charge >= 0.3 is 0 Å². The van der Waals surface area contributed by atoms with E-state index in [1.165, 1.54) is 11.3 Å². The van der Waals surface area contributed by atoms with Gasteiger partial charge in [0.1, 0.15) is 6.26 Å². The number of carbonyl (C=O) groups excluding carboxylic acids is 1. The van der Waals surface area contributed by atoms with Crippen LogP contribution in [-0.2, 0) is 6.54 Å². The van der Waals surface area contributed by atoms with Crippen molar-refractivity contribution in [3.63, 3.8) is 0 Å². The number of aromatic nitrogens is 1. The molecule has 0 unspecified atom stereocenters. The molecule has 0 aliphatic heterocycles. The number of carbonyl (C=O) groups is 1. The Morgan fingerprint density at radius 3 is 3.00 bits per heavy atom. The van der Waals surface area contributed by atoms with E-state index in [9.17, 15) is 4.79 Å². The van der Waals surface area contributed by atoms with Crippen LogP contribution in [-0.4, -0.2) is 10.9 Å². The maximum Gasteiger partial charge on any atom is 0.261 e. The number of thiophene rings is 2. The van der Waals surface area contributed by atoms with Crippen LogP contribution in [0.3, 0.4) is 0 Å². The summed E-state index contributed by atoms with van der Waals surface area (Å²) in [6.45, 7) is 2.34. The van der Waals surface area contributed by atoms with Crippen molar-refractivity contribution >= 4 is 28.6 Å². The number of aryl methyl sites for hydroxylation is 1. The highest BCUT2D eigenvalue weighted by atomic mass is 32.1. The number of hydrogen-bond donors (Lipinski definition) is 1. The molecule has 0 radical (unpaired) electrons. The topological polar surface area (TPSA) is 55.1 Å². The zero-order chi connectivity index (χ0) is 13.9. The third-order valence-electron chi connectivity index (χ3n) is 2.68. The van der Waals surface area contributed by atoms with E-state index in [4.69, 9.17) is 4.42 Å². The minimum absolute atomic E-state index is 0.0798. The van der Waals surface area contributed by atoms with Crippen LogP contribution in [0.2, 0.25) is 0 Å². The number of rotatable bonds is 4. The Balaban J connectivity index is 1.63. The molecule has 0 atom stereocenters. The van der Waals surface area contributed by atoms with Gasteiger partial charge in [0.05, 0.1) is 22.0 Å². The van der Waals surface area contributed by atoms with Gasteiger partial charge in [-0.1, -0.05) is 6.07 Å². The van der Waals surface area contributed by atoms with Crippen LogP contribution in [0.5, 0.6) is 0 Å². The van der Waals surface area contributed by atoms with Gasteiger partial charge in [0, 0.05) is 4.88 Å². The second kappa shape index (κ2) is 5.60. The van der Waals surface area contributed by atoms with Crippen molar-refractivity contribution in [3.8, 4) is 10.8 Å². The van der Waals surface area contributed by atoms with Gasteiger partial charge in [0.15, 0.2) is 0 Å². The van der Waals surface area contributed by atoms with Crippen molar-refractivity contribution in [2.45, 2.75) is 13.5 Å². The minimum Gasteiger partial charge on any atom is -0.443 e. The summed E-state index contributed by atoms with van der Waals surface area (Å²) < 4.78 is 5.40. The Labute approximate surface area is 124 Å². The zero-order valence-electron chi connectivity index (χ0n) is 10.8. The fraction of sp³-hybridized carbons (Fsp3) is 0.143. The third kappa shape index (κ3) is 2.81. The molecule has 1 amide bonds. The van der Waals surface area contributed by atoms with Crippen molar-refractivity contribution < 1.29 is 9.21 Å². The molecule has 20 heavy (non-hydrogen) atoms. The number of hydrogen-bond acceptors (Lipinski definition) is 5. The Morgan fingerprint density at radius 2 is 2.30 bits per heavy atom. The SMILES string of the molecule is Cc1ccc(C(=O)NCc2coc(-c3cccs3)n2)s1. The fourth-order valence-electron chi connectivity index (χ4n) is 1.72. The van der Waals surface area contributed by atoms with Gasteiger partial charge in [-0.3, -0.25) is 4.79 Å². The van der Waals surface area contributed by atoms with E-state index in [0.717, 1.165) is 15.4 Å². The first kappa shape index (κ1) is 13.1. The largest absolute Gasteiger partial charge is 0.443 e. The molecule has 6 heteroatoms. The van der Waals surface area contributed by atoms with Gasteiger partial charge in [0.2, 0.25) is 5.89 Å². The average Bonchev–Trinajstić information content (AvgIpc) is 3.16. The molecule has 0 bridgehead atoms. The summed E-state index contributed by atoms with van der Waals surface area (Å²) in [4.78, 5) is 19.1. The first-order valence-corrected chi connectivity index (χ1v) is 7.75. The second-order valence-corrected chi connectivity index (χ2v) is 6.45. The van der Waals surface area contributed by atoms with E-state index in [1.54, 1.807) is 17.6 Å². The van der Waals surface area contributed by atoms with Crippen LogP contribution in [0.4, 0.5) is 0 Å². The van der Waals surface area contributed by atoms with Gasteiger partial charge in [-0.05, 0) is 30.5 Å². The van der Waals surface area contributed by atoms with Gasteiger partial charge in [-0.25, -0.2) is 4.98 Å². The van der Waals surface area contributed by atoms with Crippen molar-refractivity contribution in [2.24, 2.45) is 0 Å². The lowest BCUT2D eigenvalue weighted by Gasteiger charge is -1.99. The van der Waals surface area contributed by atoms with E-state index in [0.29, 0.717) is 17.3 Å². The molecule has 0 aromatic carbocycles. The van der Waals surface area contributed by atoms with Gasteiger partial charge in [0.25, 0.3) is 5.91 Å². The molecule has 0 aliphatic carbocycles. The number of amides is 1. The van der Waals surface area contributed by atoms with Crippen LogP contribution in [0.15, 0.2) is 40.3 Å². The smallest absolute Gasteiger partial charge is 0.261 e. The lowest BCUT2D eigenvalue weighted by atomic mass is 10.4. The first-order chi connectivity index (χ1) is 9.72. The maximum absolute atomic E-state index is 11.9. The lowest BCUT2D eigenvalue weighted by molar-refractivity contribution is 0.0954. The monoisotopic (exact) mass is 304 g/mol. The molecule has 0 fully saturated rings. The molecule has 3 aromatic heterocycles. The van der Waals surface area contributed by atoms with Crippen LogP contribution in [0.1, 0.15) is 20.2 Å². The fourth-order valence-corrected chi connectivity index (χ4v) is 3.16. The summed E-state index contributed by atoms with van der Waals surface area (Å²) in [5, 5.41) is 4.81. The summed E-state index contributed by atoms with van der Waals surface area (Å²) in [7, 11) is 0. The highest BCUT2D eigenvalue weighted by molar-refractivity contribution is 7.14. The molecule has 4 nitrogen and oxygen atoms in total. The molecule has 102 valence electrons. The van der Waals surface area contributed by atoms with Crippen LogP contribution in [0, 0.1) is 6.92 Å². The minimum atomic E-state index is -0.0798. The Hall–Kier alpha value is -1.92. The molecule has 3 rings (SSSR count). The van der Waals surface area contributed by atoms with Crippen molar-refractivity contribution in [3.05, 3.63) is 51.4 Å². The van der Waals surface area contributed by atoms with Gasteiger partial charge < -0.3 is 9.73 Å². The van der Waals surface area contributed by atoms with E-state index in [1.807, 2.05) is 36.6 Å². The molecular formula is C14H12N2O2S2. The second-order valence-electron chi connectivity index (χ2n) is 4.21. The quantitative estimate of drug-likeness (QED) is 0.799. The standard InChI is InChI=1S/C14H12N2O2S2/c1-9-4-5-11(20-9)13(17)15-7-10-8-18-14(16-10)12-3-2-6-19-12/h2-6,8H,7H2,1H3,(H,15,17). The van der Waals surface area contributed by atoms with Crippen LogP contribution < -0.4 is 5.32 Å². The van der Waals surface area contributed by atoms with E-state index < -0.39 is 0 Å². The van der Waals surface area contributed by atoms with E-state index >= 15 is 0 Å². The van der Waals surface area contributed by atoms with Gasteiger partial charge in [-0.2, -0.15) is 0 Å². The predicted molar refractivity (Wildman–Crippen MR) is 80.0 cm³/mol. The molecule has 3 aromatic rings. The van der Waals surface area contributed by atoms with E-state index in [2.05, 4.69) is 10.3 Å². The summed E-state index contributed by atoms with van der Waals surface area (Å²) in [5.41, 5.74) is 0.718.